The quantitative estimate of drug-likeness (QED) is 0.720. The summed E-state index contributed by atoms with van der Waals surface area (Å²) < 4.78 is 5.51. The standard InChI is InChI=1S/C23H25NO4/c1-2-12-24-22(27)23(10-13-28-14-11-23)16-19-6-3-4-9-20(19)17-7-5-8-18(15-17)21(25)26/h2-9,15H,1,10-14,16H2,(H,24,27)(H,25,26). The highest BCUT2D eigenvalue weighted by atomic mass is 16.5. The van der Waals surface area contributed by atoms with Gasteiger partial charge in [-0.2, -0.15) is 0 Å². The van der Waals surface area contributed by atoms with Gasteiger partial charge in [0.25, 0.3) is 0 Å². The van der Waals surface area contributed by atoms with Crippen molar-refractivity contribution in [1.29, 1.82) is 0 Å². The summed E-state index contributed by atoms with van der Waals surface area (Å²) in [6, 6.07) is 14.8. The van der Waals surface area contributed by atoms with E-state index < -0.39 is 11.4 Å². The molecule has 0 saturated carbocycles. The summed E-state index contributed by atoms with van der Waals surface area (Å²) in [5.41, 5.74) is 2.52. The number of nitrogens with one attached hydrogen (secondary N) is 1. The van der Waals surface area contributed by atoms with Crippen molar-refractivity contribution in [2.45, 2.75) is 19.3 Å². The monoisotopic (exact) mass is 379 g/mol. The van der Waals surface area contributed by atoms with Crippen LogP contribution in [0.25, 0.3) is 11.1 Å². The van der Waals surface area contributed by atoms with Crippen LogP contribution in [-0.4, -0.2) is 36.7 Å². The Labute approximate surface area is 165 Å². The molecule has 0 atom stereocenters. The van der Waals surface area contributed by atoms with Gasteiger partial charge in [0.1, 0.15) is 0 Å². The number of hydrogen-bond donors (Lipinski definition) is 2. The van der Waals surface area contributed by atoms with Crippen molar-refractivity contribution in [1.82, 2.24) is 5.32 Å². The van der Waals surface area contributed by atoms with Crippen LogP contribution in [0.4, 0.5) is 0 Å². The first-order valence-electron chi connectivity index (χ1n) is 9.44. The fourth-order valence-corrected chi connectivity index (χ4v) is 3.74. The van der Waals surface area contributed by atoms with E-state index in [1.165, 1.54) is 0 Å². The van der Waals surface area contributed by atoms with Gasteiger partial charge in [-0.15, -0.1) is 6.58 Å². The number of carboxylic acids is 1. The predicted molar refractivity (Wildman–Crippen MR) is 108 cm³/mol. The minimum atomic E-state index is -0.955. The zero-order valence-corrected chi connectivity index (χ0v) is 15.8. The molecule has 0 aromatic heterocycles. The first kappa shape index (κ1) is 19.8. The van der Waals surface area contributed by atoms with E-state index in [2.05, 4.69) is 11.9 Å². The van der Waals surface area contributed by atoms with Crippen molar-refractivity contribution in [2.75, 3.05) is 19.8 Å². The van der Waals surface area contributed by atoms with E-state index in [9.17, 15) is 14.7 Å². The van der Waals surface area contributed by atoms with E-state index >= 15 is 0 Å². The lowest BCUT2D eigenvalue weighted by Crippen LogP contribution is -2.46. The summed E-state index contributed by atoms with van der Waals surface area (Å²) in [5, 5.41) is 12.3. The molecule has 1 heterocycles. The lowest BCUT2D eigenvalue weighted by Gasteiger charge is -2.36. The molecule has 2 N–H and O–H groups in total. The second-order valence-corrected chi connectivity index (χ2v) is 7.11. The van der Waals surface area contributed by atoms with Gasteiger partial charge in [0.15, 0.2) is 0 Å². The van der Waals surface area contributed by atoms with Gasteiger partial charge in [-0.1, -0.05) is 42.5 Å². The van der Waals surface area contributed by atoms with E-state index in [1.54, 1.807) is 24.3 Å². The number of aromatic carboxylic acids is 1. The molecule has 0 unspecified atom stereocenters. The van der Waals surface area contributed by atoms with Crippen LogP contribution in [-0.2, 0) is 16.0 Å². The topological polar surface area (TPSA) is 75.6 Å². The summed E-state index contributed by atoms with van der Waals surface area (Å²) in [6.07, 6.45) is 3.56. The fourth-order valence-electron chi connectivity index (χ4n) is 3.74. The normalized spacial score (nSPS) is 15.6. The highest BCUT2D eigenvalue weighted by Crippen LogP contribution is 2.37. The third-order valence-corrected chi connectivity index (χ3v) is 5.31. The molecule has 2 aromatic rings. The third-order valence-electron chi connectivity index (χ3n) is 5.31. The van der Waals surface area contributed by atoms with Gasteiger partial charge in [0.05, 0.1) is 11.0 Å². The van der Waals surface area contributed by atoms with Gasteiger partial charge < -0.3 is 15.2 Å². The molecule has 0 bridgehead atoms. The Balaban J connectivity index is 1.97. The number of benzene rings is 2. The first-order chi connectivity index (χ1) is 13.6. The average Bonchev–Trinajstić information content (AvgIpc) is 2.73. The molecular weight excluding hydrogens is 354 g/mol. The zero-order valence-electron chi connectivity index (χ0n) is 15.8. The van der Waals surface area contributed by atoms with Crippen LogP contribution in [0, 0.1) is 5.41 Å². The van der Waals surface area contributed by atoms with Crippen LogP contribution in [0.15, 0.2) is 61.2 Å². The Bertz CT molecular complexity index is 868. The zero-order chi connectivity index (χ0) is 20.0. The fraction of sp³-hybridized carbons (Fsp3) is 0.304. The molecule has 146 valence electrons. The summed E-state index contributed by atoms with van der Waals surface area (Å²) in [5.74, 6) is -0.936. The number of rotatable bonds is 7. The highest BCUT2D eigenvalue weighted by Gasteiger charge is 2.40. The molecule has 3 rings (SSSR count). The Morgan fingerprint density at radius 1 is 1.14 bits per heavy atom. The number of carbonyl (C=O) groups excluding carboxylic acids is 1. The van der Waals surface area contributed by atoms with Crippen molar-refractivity contribution in [3.63, 3.8) is 0 Å². The third kappa shape index (κ3) is 4.31. The van der Waals surface area contributed by atoms with Crippen LogP contribution >= 0.6 is 0 Å². The van der Waals surface area contributed by atoms with Crippen LogP contribution in [0.2, 0.25) is 0 Å². The highest BCUT2D eigenvalue weighted by molar-refractivity contribution is 5.89. The van der Waals surface area contributed by atoms with Crippen molar-refractivity contribution in [3.8, 4) is 11.1 Å². The Morgan fingerprint density at radius 3 is 2.61 bits per heavy atom. The van der Waals surface area contributed by atoms with Crippen molar-refractivity contribution in [2.24, 2.45) is 5.41 Å². The van der Waals surface area contributed by atoms with E-state index in [4.69, 9.17) is 4.74 Å². The molecule has 1 aliphatic heterocycles. The summed E-state index contributed by atoms with van der Waals surface area (Å²) in [7, 11) is 0. The molecule has 1 amide bonds. The Kier molecular flexibility index (Phi) is 6.26. The lowest BCUT2D eigenvalue weighted by atomic mass is 9.73. The predicted octanol–water partition coefficient (Wildman–Crippen LogP) is 3.69. The average molecular weight is 379 g/mol. The van der Waals surface area contributed by atoms with E-state index in [-0.39, 0.29) is 11.5 Å². The van der Waals surface area contributed by atoms with Gasteiger partial charge >= 0.3 is 5.97 Å². The van der Waals surface area contributed by atoms with Crippen LogP contribution in [0.1, 0.15) is 28.8 Å². The molecule has 0 radical (unpaired) electrons. The number of ether oxygens (including phenoxy) is 1. The Morgan fingerprint density at radius 2 is 1.89 bits per heavy atom. The SMILES string of the molecule is C=CCNC(=O)C1(Cc2ccccc2-c2cccc(C(=O)O)c2)CCOCC1. The summed E-state index contributed by atoms with van der Waals surface area (Å²) in [4.78, 5) is 24.3. The summed E-state index contributed by atoms with van der Waals surface area (Å²) in [6.45, 7) is 5.22. The summed E-state index contributed by atoms with van der Waals surface area (Å²) >= 11 is 0. The van der Waals surface area contributed by atoms with Gasteiger partial charge in [0, 0.05) is 19.8 Å². The molecule has 5 heteroatoms. The number of carbonyl (C=O) groups is 2. The second kappa shape index (κ2) is 8.85. The van der Waals surface area contributed by atoms with E-state index in [1.807, 2.05) is 30.3 Å². The van der Waals surface area contributed by atoms with Crippen LogP contribution in [0.5, 0.6) is 0 Å². The van der Waals surface area contributed by atoms with E-state index in [0.717, 1.165) is 16.7 Å². The molecule has 1 saturated heterocycles. The van der Waals surface area contributed by atoms with Crippen LogP contribution < -0.4 is 5.32 Å². The van der Waals surface area contributed by atoms with E-state index in [0.29, 0.717) is 39.0 Å². The van der Waals surface area contributed by atoms with Gasteiger partial charge in [-0.3, -0.25) is 4.79 Å². The Hall–Kier alpha value is -2.92. The smallest absolute Gasteiger partial charge is 0.335 e. The minimum Gasteiger partial charge on any atom is -0.478 e. The molecule has 1 fully saturated rings. The molecule has 2 aromatic carbocycles. The molecule has 1 aliphatic rings. The van der Waals surface area contributed by atoms with Gasteiger partial charge in [0.2, 0.25) is 5.91 Å². The maximum atomic E-state index is 13.0. The maximum absolute atomic E-state index is 13.0. The lowest BCUT2D eigenvalue weighted by molar-refractivity contribution is -0.136. The van der Waals surface area contributed by atoms with Crippen molar-refractivity contribution in [3.05, 3.63) is 72.3 Å². The van der Waals surface area contributed by atoms with Gasteiger partial charge in [-0.25, -0.2) is 4.79 Å². The van der Waals surface area contributed by atoms with Crippen molar-refractivity contribution < 1.29 is 19.4 Å². The molecule has 5 nitrogen and oxygen atoms in total. The molecular formula is C23H25NO4. The number of carboxylic acid groups (broad SMARTS) is 1. The van der Waals surface area contributed by atoms with Gasteiger partial charge in [-0.05, 0) is 48.1 Å². The molecule has 0 aliphatic carbocycles. The maximum Gasteiger partial charge on any atom is 0.335 e. The molecule has 0 spiro atoms. The number of amides is 1. The molecule has 28 heavy (non-hydrogen) atoms. The number of hydrogen-bond acceptors (Lipinski definition) is 3. The van der Waals surface area contributed by atoms with Crippen molar-refractivity contribution >= 4 is 11.9 Å². The van der Waals surface area contributed by atoms with Crippen LogP contribution in [0.3, 0.4) is 0 Å². The minimum absolute atomic E-state index is 0.0183. The second-order valence-electron chi connectivity index (χ2n) is 7.11. The first-order valence-corrected chi connectivity index (χ1v) is 9.44. The largest absolute Gasteiger partial charge is 0.478 e.